The molecule has 0 aliphatic heterocycles. The van der Waals surface area contributed by atoms with Gasteiger partial charge in [-0.1, -0.05) is 0 Å². The van der Waals surface area contributed by atoms with Gasteiger partial charge in [0.1, 0.15) is 5.69 Å². The summed E-state index contributed by atoms with van der Waals surface area (Å²) in [6, 6.07) is 5.33. The lowest BCUT2D eigenvalue weighted by molar-refractivity contribution is -0.384. The van der Waals surface area contributed by atoms with Crippen molar-refractivity contribution in [2.45, 2.75) is 24.8 Å². The lowest BCUT2D eigenvalue weighted by Crippen LogP contribution is -2.27. The summed E-state index contributed by atoms with van der Waals surface area (Å²) >= 11 is 1.58. The highest BCUT2D eigenvalue weighted by atomic mass is 32.2. The quantitative estimate of drug-likeness (QED) is 0.503. The van der Waals surface area contributed by atoms with Gasteiger partial charge in [0, 0.05) is 31.0 Å². The maximum Gasteiger partial charge on any atom is 0.293 e. The molecule has 2 rings (SSSR count). The van der Waals surface area contributed by atoms with Crippen LogP contribution < -0.4 is 10.5 Å². The third kappa shape index (κ3) is 5.49. The van der Waals surface area contributed by atoms with Gasteiger partial charge in [-0.15, -0.1) is 11.3 Å². The number of nitrogens with two attached hydrogens (primary N) is 1. The van der Waals surface area contributed by atoms with E-state index in [2.05, 4.69) is 5.32 Å². The zero-order chi connectivity index (χ0) is 20.2. The van der Waals surface area contributed by atoms with Crippen LogP contribution >= 0.6 is 11.3 Å². The number of carbonyl (C=O) groups excluding carboxylic acids is 1. The summed E-state index contributed by atoms with van der Waals surface area (Å²) in [7, 11) is -2.34. The molecular weight excluding hydrogens is 392 g/mol. The number of nitrogens with one attached hydrogen (secondary N) is 1. The number of amides is 1. The highest BCUT2D eigenvalue weighted by Gasteiger charge is 2.19. The first-order valence-corrected chi connectivity index (χ1v) is 10.3. The van der Waals surface area contributed by atoms with E-state index in [4.69, 9.17) is 5.14 Å². The average molecular weight is 412 g/mol. The van der Waals surface area contributed by atoms with Crippen LogP contribution in [0, 0.1) is 17.0 Å². The molecule has 1 heterocycles. The zero-order valence-electron chi connectivity index (χ0n) is 14.8. The second kappa shape index (κ2) is 8.46. The maximum atomic E-state index is 12.2. The molecule has 2 aromatic rings. The average Bonchev–Trinajstić information content (AvgIpc) is 2.98. The Hall–Kier alpha value is -2.50. The third-order valence-electron chi connectivity index (χ3n) is 3.92. The van der Waals surface area contributed by atoms with Crippen molar-refractivity contribution in [2.75, 3.05) is 18.9 Å². The number of primary sulfonamides is 1. The van der Waals surface area contributed by atoms with Crippen LogP contribution in [-0.4, -0.2) is 37.7 Å². The minimum atomic E-state index is -4.04. The number of nitro benzene ring substituents is 1. The van der Waals surface area contributed by atoms with Crippen LogP contribution in [0.4, 0.5) is 11.4 Å². The number of rotatable bonds is 8. The molecule has 0 fully saturated rings. The predicted octanol–water partition coefficient (Wildman–Crippen LogP) is 2.07. The second-order valence-corrected chi connectivity index (χ2v) is 8.50. The van der Waals surface area contributed by atoms with Crippen LogP contribution in [0.15, 0.2) is 34.5 Å². The molecule has 1 aromatic carbocycles. The fourth-order valence-electron chi connectivity index (χ4n) is 2.35. The van der Waals surface area contributed by atoms with E-state index in [0.717, 1.165) is 16.5 Å². The monoisotopic (exact) mass is 412 g/mol. The molecule has 0 atom stereocenters. The van der Waals surface area contributed by atoms with Gasteiger partial charge in [-0.05, 0) is 36.1 Å². The summed E-state index contributed by atoms with van der Waals surface area (Å²) in [5.41, 5.74) is 0.830. The SMILES string of the molecule is Cc1ccsc1CN(C)C(=O)CCNc1ccc(S(N)(=O)=O)cc1[N+](=O)[O-]. The molecule has 0 saturated heterocycles. The number of hydrogen-bond acceptors (Lipinski definition) is 7. The Labute approximate surface area is 161 Å². The van der Waals surface area contributed by atoms with Crippen LogP contribution in [0.3, 0.4) is 0 Å². The van der Waals surface area contributed by atoms with Crippen LogP contribution in [0.25, 0.3) is 0 Å². The van der Waals surface area contributed by atoms with E-state index >= 15 is 0 Å². The van der Waals surface area contributed by atoms with E-state index in [1.54, 1.807) is 23.3 Å². The lowest BCUT2D eigenvalue weighted by Gasteiger charge is -2.17. The van der Waals surface area contributed by atoms with Crippen LogP contribution in [0.2, 0.25) is 0 Å². The molecule has 27 heavy (non-hydrogen) atoms. The number of nitro groups is 1. The molecule has 0 saturated carbocycles. The second-order valence-electron chi connectivity index (χ2n) is 5.93. The highest BCUT2D eigenvalue weighted by Crippen LogP contribution is 2.27. The van der Waals surface area contributed by atoms with Crippen molar-refractivity contribution in [3.63, 3.8) is 0 Å². The van der Waals surface area contributed by atoms with Gasteiger partial charge in [0.2, 0.25) is 15.9 Å². The van der Waals surface area contributed by atoms with E-state index in [-0.39, 0.29) is 29.5 Å². The Morgan fingerprint density at radius 3 is 2.63 bits per heavy atom. The topological polar surface area (TPSA) is 136 Å². The Balaban J connectivity index is 1.99. The van der Waals surface area contributed by atoms with E-state index in [1.807, 2.05) is 18.4 Å². The summed E-state index contributed by atoms with van der Waals surface area (Å²) in [6.07, 6.45) is 0.134. The summed E-state index contributed by atoms with van der Waals surface area (Å²) < 4.78 is 22.7. The Morgan fingerprint density at radius 1 is 1.37 bits per heavy atom. The lowest BCUT2D eigenvalue weighted by atomic mass is 10.2. The normalized spacial score (nSPS) is 11.2. The van der Waals surface area contributed by atoms with Crippen LogP contribution in [0.1, 0.15) is 16.9 Å². The molecule has 0 aliphatic carbocycles. The molecule has 11 heteroatoms. The fourth-order valence-corrected chi connectivity index (χ4v) is 3.85. The van der Waals surface area contributed by atoms with Gasteiger partial charge in [-0.3, -0.25) is 14.9 Å². The van der Waals surface area contributed by atoms with Crippen LogP contribution in [0.5, 0.6) is 0 Å². The van der Waals surface area contributed by atoms with Gasteiger partial charge in [-0.25, -0.2) is 13.6 Å². The van der Waals surface area contributed by atoms with Crippen molar-refractivity contribution in [2.24, 2.45) is 5.14 Å². The molecule has 1 aromatic heterocycles. The van der Waals surface area contributed by atoms with Crippen LogP contribution in [-0.2, 0) is 21.4 Å². The van der Waals surface area contributed by atoms with Gasteiger partial charge in [0.05, 0.1) is 16.4 Å². The smallest absolute Gasteiger partial charge is 0.293 e. The number of hydrogen-bond donors (Lipinski definition) is 2. The molecule has 0 bridgehead atoms. The number of thiophene rings is 1. The molecular formula is C16H20N4O5S2. The van der Waals surface area contributed by atoms with Crippen molar-refractivity contribution in [1.29, 1.82) is 0 Å². The molecule has 0 aliphatic rings. The van der Waals surface area contributed by atoms with E-state index in [0.29, 0.717) is 6.54 Å². The number of nitrogens with zero attached hydrogens (tertiary/aromatic N) is 2. The number of carbonyl (C=O) groups is 1. The minimum Gasteiger partial charge on any atom is -0.379 e. The standard InChI is InChI=1S/C16H20N4O5S2/c1-11-6-8-26-15(11)10-19(2)16(21)5-7-18-13-4-3-12(27(17,24)25)9-14(13)20(22)23/h3-4,6,8-9,18H,5,7,10H2,1-2H3,(H2,17,24,25). The van der Waals surface area contributed by atoms with Crippen molar-refractivity contribution in [3.8, 4) is 0 Å². The summed E-state index contributed by atoms with van der Waals surface area (Å²) in [5.74, 6) is -0.112. The molecule has 0 spiro atoms. The first-order chi connectivity index (χ1) is 12.6. The summed E-state index contributed by atoms with van der Waals surface area (Å²) in [4.78, 5) is 25.1. The van der Waals surface area contributed by atoms with E-state index in [9.17, 15) is 23.3 Å². The van der Waals surface area contributed by atoms with Crippen molar-refractivity contribution >= 4 is 38.6 Å². The first kappa shape index (κ1) is 20.8. The predicted molar refractivity (Wildman–Crippen MR) is 103 cm³/mol. The molecule has 0 unspecified atom stereocenters. The molecule has 146 valence electrons. The number of aryl methyl sites for hydroxylation is 1. The largest absolute Gasteiger partial charge is 0.379 e. The van der Waals surface area contributed by atoms with E-state index < -0.39 is 20.6 Å². The van der Waals surface area contributed by atoms with Gasteiger partial charge in [0.25, 0.3) is 5.69 Å². The van der Waals surface area contributed by atoms with Gasteiger partial charge < -0.3 is 10.2 Å². The summed E-state index contributed by atoms with van der Waals surface area (Å²) in [5, 5.41) is 20.9. The van der Waals surface area contributed by atoms with Gasteiger partial charge in [0.15, 0.2) is 0 Å². The highest BCUT2D eigenvalue weighted by molar-refractivity contribution is 7.89. The van der Waals surface area contributed by atoms with E-state index in [1.165, 1.54) is 12.1 Å². The number of sulfonamides is 1. The van der Waals surface area contributed by atoms with Gasteiger partial charge in [-0.2, -0.15) is 0 Å². The minimum absolute atomic E-state index is 0.112. The Kier molecular flexibility index (Phi) is 6.52. The zero-order valence-corrected chi connectivity index (χ0v) is 16.5. The van der Waals surface area contributed by atoms with Gasteiger partial charge >= 0.3 is 0 Å². The molecule has 9 nitrogen and oxygen atoms in total. The maximum absolute atomic E-state index is 12.2. The van der Waals surface area contributed by atoms with Crippen molar-refractivity contribution < 1.29 is 18.1 Å². The third-order valence-corrected chi connectivity index (χ3v) is 5.84. The molecule has 1 amide bonds. The fraction of sp³-hybridized carbons (Fsp3) is 0.312. The van der Waals surface area contributed by atoms with Crippen molar-refractivity contribution in [1.82, 2.24) is 4.90 Å². The molecule has 3 N–H and O–H groups in total. The first-order valence-electron chi connectivity index (χ1n) is 7.91. The Morgan fingerprint density at radius 2 is 2.07 bits per heavy atom. The van der Waals surface area contributed by atoms with Crippen molar-refractivity contribution in [3.05, 3.63) is 50.2 Å². The summed E-state index contributed by atoms with van der Waals surface area (Å²) in [6.45, 7) is 2.66. The number of anilines is 1. The number of benzene rings is 1. The molecule has 0 radical (unpaired) electrons. The Bertz CT molecular complexity index is 955.